The van der Waals surface area contributed by atoms with Gasteiger partial charge in [0.15, 0.2) is 0 Å². The summed E-state index contributed by atoms with van der Waals surface area (Å²) in [6.45, 7) is 1.15. The first kappa shape index (κ1) is 14.1. The molecule has 0 radical (unpaired) electrons. The van der Waals surface area contributed by atoms with Crippen LogP contribution in [0.5, 0.6) is 0 Å². The van der Waals surface area contributed by atoms with E-state index in [1.165, 1.54) is 0 Å². The molecule has 5 nitrogen and oxygen atoms in total. The van der Waals surface area contributed by atoms with Gasteiger partial charge in [0.1, 0.15) is 0 Å². The van der Waals surface area contributed by atoms with Gasteiger partial charge in [-0.1, -0.05) is 24.3 Å². The first-order valence-electron chi connectivity index (χ1n) is 4.28. The first-order chi connectivity index (χ1) is 6.88. The molecule has 0 aliphatic rings. The number of benzene rings is 1. The van der Waals surface area contributed by atoms with Gasteiger partial charge in [0, 0.05) is 13.1 Å². The molecule has 0 saturated carbocycles. The highest BCUT2D eigenvalue weighted by atomic mass is 32.2. The van der Waals surface area contributed by atoms with Crippen molar-refractivity contribution >= 4 is 10.1 Å². The predicted octanol–water partition coefficient (Wildman–Crippen LogP) is 0.108. The lowest BCUT2D eigenvalue weighted by atomic mass is 10.1. The zero-order chi connectivity index (χ0) is 11.9. The summed E-state index contributed by atoms with van der Waals surface area (Å²) in [5, 5.41) is 0. The Morgan fingerprint density at radius 2 is 1.40 bits per heavy atom. The molecular formula is C9H16N2O3S. The molecule has 86 valence electrons. The van der Waals surface area contributed by atoms with Crippen LogP contribution in [-0.4, -0.2) is 19.2 Å². The molecule has 0 unspecified atom stereocenters. The van der Waals surface area contributed by atoms with Crippen LogP contribution in [0.4, 0.5) is 0 Å². The quantitative estimate of drug-likeness (QED) is 0.627. The topological polar surface area (TPSA) is 106 Å². The Balaban J connectivity index is 0.000000336. The fourth-order valence-electron chi connectivity index (χ4n) is 0.956. The van der Waals surface area contributed by atoms with Crippen molar-refractivity contribution in [3.63, 3.8) is 0 Å². The molecular weight excluding hydrogens is 216 g/mol. The highest BCUT2D eigenvalue weighted by Gasteiger charge is 1.94. The van der Waals surface area contributed by atoms with Gasteiger partial charge in [-0.2, -0.15) is 8.42 Å². The van der Waals surface area contributed by atoms with Crippen molar-refractivity contribution in [3.8, 4) is 0 Å². The van der Waals surface area contributed by atoms with Crippen molar-refractivity contribution < 1.29 is 13.0 Å². The van der Waals surface area contributed by atoms with Crippen molar-refractivity contribution in [2.45, 2.75) is 13.1 Å². The third-order valence-corrected chi connectivity index (χ3v) is 1.56. The van der Waals surface area contributed by atoms with Gasteiger partial charge in [-0.25, -0.2) is 0 Å². The molecule has 1 aromatic rings. The molecule has 0 aromatic heterocycles. The van der Waals surface area contributed by atoms with Crippen LogP contribution >= 0.6 is 0 Å². The monoisotopic (exact) mass is 232 g/mol. The number of nitrogens with two attached hydrogens (primary N) is 2. The molecule has 0 saturated heterocycles. The molecule has 1 aromatic carbocycles. The SMILES string of the molecule is CS(=O)(=O)O.NCc1ccccc1CN. The van der Waals surface area contributed by atoms with E-state index in [2.05, 4.69) is 0 Å². The van der Waals surface area contributed by atoms with Gasteiger partial charge in [0.05, 0.1) is 6.26 Å². The molecule has 15 heavy (non-hydrogen) atoms. The Hall–Kier alpha value is -0.950. The number of rotatable bonds is 2. The third kappa shape index (κ3) is 8.07. The molecule has 0 fully saturated rings. The van der Waals surface area contributed by atoms with E-state index in [1.54, 1.807) is 0 Å². The first-order valence-corrected chi connectivity index (χ1v) is 6.12. The Kier molecular flexibility index (Phi) is 6.11. The fourth-order valence-corrected chi connectivity index (χ4v) is 0.956. The molecule has 0 aliphatic heterocycles. The van der Waals surface area contributed by atoms with Crippen molar-refractivity contribution in [2.75, 3.05) is 6.26 Å². The molecule has 0 heterocycles. The maximum Gasteiger partial charge on any atom is 0.261 e. The molecule has 5 N–H and O–H groups in total. The molecule has 0 atom stereocenters. The van der Waals surface area contributed by atoms with Crippen LogP contribution in [0, 0.1) is 0 Å². The van der Waals surface area contributed by atoms with E-state index in [9.17, 15) is 8.42 Å². The maximum absolute atomic E-state index is 9.19. The highest BCUT2D eigenvalue weighted by Crippen LogP contribution is 2.05. The van der Waals surface area contributed by atoms with Crippen LogP contribution in [0.15, 0.2) is 24.3 Å². The zero-order valence-electron chi connectivity index (χ0n) is 8.55. The molecule has 0 amide bonds. The summed E-state index contributed by atoms with van der Waals surface area (Å²) in [7, 11) is -3.67. The van der Waals surface area contributed by atoms with E-state index in [0.717, 1.165) is 11.1 Å². The van der Waals surface area contributed by atoms with Crippen LogP contribution < -0.4 is 11.5 Å². The number of hydrogen-bond donors (Lipinski definition) is 3. The normalized spacial score (nSPS) is 10.4. The summed E-state index contributed by atoms with van der Waals surface area (Å²) in [5.41, 5.74) is 13.2. The van der Waals surface area contributed by atoms with Gasteiger partial charge in [0.2, 0.25) is 0 Å². The van der Waals surface area contributed by atoms with Crippen molar-refractivity contribution in [3.05, 3.63) is 35.4 Å². The Morgan fingerprint density at radius 3 is 1.60 bits per heavy atom. The Bertz CT molecular complexity index is 359. The summed E-state index contributed by atoms with van der Waals surface area (Å²) in [4.78, 5) is 0. The molecule has 0 aliphatic carbocycles. The summed E-state index contributed by atoms with van der Waals surface area (Å²) in [5.74, 6) is 0. The lowest BCUT2D eigenvalue weighted by Crippen LogP contribution is -2.05. The summed E-state index contributed by atoms with van der Waals surface area (Å²) < 4.78 is 25.9. The smallest absolute Gasteiger partial charge is 0.261 e. The number of hydrogen-bond acceptors (Lipinski definition) is 4. The average molecular weight is 232 g/mol. The fraction of sp³-hybridized carbons (Fsp3) is 0.333. The van der Waals surface area contributed by atoms with Gasteiger partial charge in [-0.15, -0.1) is 0 Å². The van der Waals surface area contributed by atoms with Gasteiger partial charge in [0.25, 0.3) is 10.1 Å². The Labute approximate surface area is 89.8 Å². The standard InChI is InChI=1S/C8H12N2.CH4O3S/c9-5-7-3-1-2-4-8(7)6-10;1-5(2,3)4/h1-4H,5-6,9-10H2;1H3,(H,2,3,4). The van der Waals surface area contributed by atoms with Crippen LogP contribution in [0.1, 0.15) is 11.1 Å². The molecule has 0 bridgehead atoms. The van der Waals surface area contributed by atoms with E-state index in [1.807, 2.05) is 24.3 Å². The van der Waals surface area contributed by atoms with Gasteiger partial charge < -0.3 is 11.5 Å². The van der Waals surface area contributed by atoms with Crippen LogP contribution in [0.3, 0.4) is 0 Å². The van der Waals surface area contributed by atoms with Crippen LogP contribution in [0.2, 0.25) is 0 Å². The van der Waals surface area contributed by atoms with Crippen molar-refractivity contribution in [2.24, 2.45) is 11.5 Å². The van der Waals surface area contributed by atoms with E-state index < -0.39 is 10.1 Å². The summed E-state index contributed by atoms with van der Waals surface area (Å²) >= 11 is 0. The average Bonchev–Trinajstić information content (AvgIpc) is 2.15. The lowest BCUT2D eigenvalue weighted by molar-refractivity contribution is 0.490. The minimum Gasteiger partial charge on any atom is -0.326 e. The summed E-state index contributed by atoms with van der Waals surface area (Å²) in [6.07, 6.45) is 0.715. The highest BCUT2D eigenvalue weighted by molar-refractivity contribution is 7.85. The second kappa shape index (κ2) is 6.52. The zero-order valence-corrected chi connectivity index (χ0v) is 9.37. The van der Waals surface area contributed by atoms with E-state index in [0.29, 0.717) is 19.3 Å². The molecule has 1 rings (SSSR count). The van der Waals surface area contributed by atoms with E-state index >= 15 is 0 Å². The van der Waals surface area contributed by atoms with Gasteiger partial charge >= 0.3 is 0 Å². The van der Waals surface area contributed by atoms with E-state index in [-0.39, 0.29) is 0 Å². The molecule has 0 spiro atoms. The maximum atomic E-state index is 9.19. The largest absolute Gasteiger partial charge is 0.326 e. The predicted molar refractivity (Wildman–Crippen MR) is 59.7 cm³/mol. The second-order valence-corrected chi connectivity index (χ2v) is 4.38. The molecule has 6 heteroatoms. The van der Waals surface area contributed by atoms with Gasteiger partial charge in [-0.3, -0.25) is 4.55 Å². The Morgan fingerprint density at radius 1 is 1.13 bits per heavy atom. The van der Waals surface area contributed by atoms with Gasteiger partial charge in [-0.05, 0) is 11.1 Å². The van der Waals surface area contributed by atoms with Crippen LogP contribution in [0.25, 0.3) is 0 Å². The minimum atomic E-state index is -3.67. The summed E-state index contributed by atoms with van der Waals surface area (Å²) in [6, 6.07) is 7.95. The minimum absolute atomic E-state index is 0.577. The van der Waals surface area contributed by atoms with Crippen molar-refractivity contribution in [1.29, 1.82) is 0 Å². The van der Waals surface area contributed by atoms with Crippen LogP contribution in [-0.2, 0) is 23.2 Å². The van der Waals surface area contributed by atoms with E-state index in [4.69, 9.17) is 16.0 Å². The third-order valence-electron chi connectivity index (χ3n) is 1.56. The lowest BCUT2D eigenvalue weighted by Gasteiger charge is -2.02. The van der Waals surface area contributed by atoms with Crippen molar-refractivity contribution in [1.82, 2.24) is 0 Å². The second-order valence-electron chi connectivity index (χ2n) is 2.91.